The molecule has 0 aromatic rings. The summed E-state index contributed by atoms with van der Waals surface area (Å²) in [5, 5.41) is 2.72. The average molecular weight is 173 g/mol. The Hall–Kier alpha value is -0.810. The number of ether oxygens (including phenoxy) is 1. The highest BCUT2D eigenvalue weighted by molar-refractivity contribution is 5.76. The van der Waals surface area contributed by atoms with Crippen molar-refractivity contribution in [2.75, 3.05) is 39.4 Å². The molecule has 5 heteroatoms. The molecule has 5 nitrogen and oxygen atoms in total. The highest BCUT2D eigenvalue weighted by atomic mass is 16.5. The molecule has 2 amide bonds. The molecular weight excluding hydrogens is 158 g/mol. The van der Waals surface area contributed by atoms with Crippen molar-refractivity contribution in [3.8, 4) is 0 Å². The molecule has 1 heterocycles. The van der Waals surface area contributed by atoms with Crippen molar-refractivity contribution < 1.29 is 9.53 Å². The van der Waals surface area contributed by atoms with Crippen molar-refractivity contribution in [2.45, 2.75) is 0 Å². The zero-order valence-corrected chi connectivity index (χ0v) is 7.08. The van der Waals surface area contributed by atoms with Crippen LogP contribution in [-0.2, 0) is 4.74 Å². The minimum Gasteiger partial charge on any atom is -0.378 e. The Bertz CT molecular complexity index is 152. The minimum atomic E-state index is 0.00588. The van der Waals surface area contributed by atoms with Crippen molar-refractivity contribution in [3.05, 3.63) is 0 Å². The molecule has 70 valence electrons. The monoisotopic (exact) mass is 173 g/mol. The highest BCUT2D eigenvalue weighted by Crippen LogP contribution is 1.95. The van der Waals surface area contributed by atoms with Crippen molar-refractivity contribution in [1.82, 2.24) is 10.2 Å². The van der Waals surface area contributed by atoms with Gasteiger partial charge in [-0.3, -0.25) is 0 Å². The SMILES string of the molecule is NCCOCCN1CCNC1=O. The molecule has 3 N–H and O–H groups in total. The van der Waals surface area contributed by atoms with Gasteiger partial charge in [-0.25, -0.2) is 4.79 Å². The third-order valence-electron chi connectivity index (χ3n) is 1.71. The maximum Gasteiger partial charge on any atom is 0.317 e. The zero-order valence-electron chi connectivity index (χ0n) is 7.08. The van der Waals surface area contributed by atoms with Crippen molar-refractivity contribution in [1.29, 1.82) is 0 Å². The number of nitrogens with one attached hydrogen (secondary N) is 1. The molecule has 0 unspecified atom stereocenters. The third kappa shape index (κ3) is 2.67. The molecule has 0 aromatic carbocycles. The summed E-state index contributed by atoms with van der Waals surface area (Å²) in [6.07, 6.45) is 0. The van der Waals surface area contributed by atoms with Gasteiger partial charge >= 0.3 is 6.03 Å². The number of rotatable bonds is 5. The van der Waals surface area contributed by atoms with Gasteiger partial charge in [0.1, 0.15) is 0 Å². The second kappa shape index (κ2) is 4.95. The molecule has 0 radical (unpaired) electrons. The summed E-state index contributed by atoms with van der Waals surface area (Å²) in [4.78, 5) is 12.7. The summed E-state index contributed by atoms with van der Waals surface area (Å²) in [7, 11) is 0. The number of carbonyl (C=O) groups is 1. The molecule has 12 heavy (non-hydrogen) atoms. The van der Waals surface area contributed by atoms with Crippen molar-refractivity contribution in [3.63, 3.8) is 0 Å². The lowest BCUT2D eigenvalue weighted by molar-refractivity contribution is 0.121. The van der Waals surface area contributed by atoms with Crippen LogP contribution in [0.2, 0.25) is 0 Å². The molecule has 0 bridgehead atoms. The minimum absolute atomic E-state index is 0.00588. The van der Waals surface area contributed by atoms with Crippen LogP contribution in [0.5, 0.6) is 0 Å². The molecule has 0 atom stereocenters. The quantitative estimate of drug-likeness (QED) is 0.523. The molecule has 1 aliphatic rings. The smallest absolute Gasteiger partial charge is 0.317 e. The van der Waals surface area contributed by atoms with Gasteiger partial charge in [-0.2, -0.15) is 0 Å². The molecular formula is C7H15N3O2. The van der Waals surface area contributed by atoms with E-state index >= 15 is 0 Å². The number of nitrogens with zero attached hydrogens (tertiary/aromatic N) is 1. The Balaban J connectivity index is 2.02. The maximum absolute atomic E-state index is 11.0. The van der Waals surface area contributed by atoms with E-state index in [0.29, 0.717) is 26.3 Å². The van der Waals surface area contributed by atoms with Crippen LogP contribution < -0.4 is 11.1 Å². The average Bonchev–Trinajstić information content (AvgIpc) is 2.46. The number of hydrogen-bond acceptors (Lipinski definition) is 3. The fourth-order valence-corrected chi connectivity index (χ4v) is 1.08. The topological polar surface area (TPSA) is 67.6 Å². The molecule has 0 spiro atoms. The Morgan fingerprint density at radius 3 is 3.00 bits per heavy atom. The van der Waals surface area contributed by atoms with Crippen LogP contribution in [0.4, 0.5) is 4.79 Å². The first kappa shape index (κ1) is 9.28. The molecule has 0 aromatic heterocycles. The van der Waals surface area contributed by atoms with Gasteiger partial charge in [0.25, 0.3) is 0 Å². The Labute approximate surface area is 71.8 Å². The number of amides is 2. The van der Waals surface area contributed by atoms with Crippen molar-refractivity contribution >= 4 is 6.03 Å². The van der Waals surface area contributed by atoms with Gasteiger partial charge in [-0.1, -0.05) is 0 Å². The van der Waals surface area contributed by atoms with Crippen LogP contribution >= 0.6 is 0 Å². The number of urea groups is 1. The van der Waals surface area contributed by atoms with Crippen LogP contribution in [0.1, 0.15) is 0 Å². The van der Waals surface area contributed by atoms with E-state index in [1.807, 2.05) is 0 Å². The lowest BCUT2D eigenvalue weighted by Crippen LogP contribution is -2.31. The van der Waals surface area contributed by atoms with E-state index in [1.165, 1.54) is 0 Å². The maximum atomic E-state index is 11.0. The first-order valence-corrected chi connectivity index (χ1v) is 4.15. The lowest BCUT2D eigenvalue weighted by atomic mass is 10.5. The highest BCUT2D eigenvalue weighted by Gasteiger charge is 2.17. The molecule has 1 rings (SSSR count). The molecule has 1 fully saturated rings. The van der Waals surface area contributed by atoms with E-state index in [-0.39, 0.29) is 6.03 Å². The van der Waals surface area contributed by atoms with E-state index < -0.39 is 0 Å². The van der Waals surface area contributed by atoms with Gasteiger partial charge < -0.3 is 20.7 Å². The summed E-state index contributed by atoms with van der Waals surface area (Å²) in [5.74, 6) is 0. The van der Waals surface area contributed by atoms with E-state index in [4.69, 9.17) is 10.5 Å². The van der Waals surface area contributed by atoms with E-state index in [0.717, 1.165) is 13.1 Å². The summed E-state index contributed by atoms with van der Waals surface area (Å²) in [6, 6.07) is 0.00588. The second-order valence-electron chi connectivity index (χ2n) is 2.62. The standard InChI is InChI=1S/C7H15N3O2/c8-1-5-12-6-4-10-3-2-9-7(10)11/h1-6,8H2,(H,9,11). The van der Waals surface area contributed by atoms with Crippen molar-refractivity contribution in [2.24, 2.45) is 5.73 Å². The lowest BCUT2D eigenvalue weighted by Gasteiger charge is -2.13. The van der Waals surface area contributed by atoms with Crippen LogP contribution in [0.25, 0.3) is 0 Å². The molecule has 1 saturated heterocycles. The van der Waals surface area contributed by atoms with Crippen LogP contribution in [0.3, 0.4) is 0 Å². The Kier molecular flexibility index (Phi) is 3.83. The zero-order chi connectivity index (χ0) is 8.81. The first-order valence-electron chi connectivity index (χ1n) is 4.15. The predicted octanol–water partition coefficient (Wildman–Crippen LogP) is -1.01. The van der Waals surface area contributed by atoms with Gasteiger partial charge in [0, 0.05) is 26.2 Å². The summed E-state index contributed by atoms with van der Waals surface area (Å²) < 4.78 is 5.15. The Morgan fingerprint density at radius 2 is 2.42 bits per heavy atom. The second-order valence-corrected chi connectivity index (χ2v) is 2.62. The van der Waals surface area contributed by atoms with Crippen LogP contribution in [0, 0.1) is 0 Å². The van der Waals surface area contributed by atoms with Gasteiger partial charge in [0.15, 0.2) is 0 Å². The summed E-state index contributed by atoms with van der Waals surface area (Å²) >= 11 is 0. The third-order valence-corrected chi connectivity index (χ3v) is 1.71. The normalized spacial score (nSPS) is 16.8. The number of nitrogens with two attached hydrogens (primary N) is 1. The predicted molar refractivity (Wildman–Crippen MR) is 44.8 cm³/mol. The Morgan fingerprint density at radius 1 is 1.58 bits per heavy atom. The number of hydrogen-bond donors (Lipinski definition) is 2. The van der Waals surface area contributed by atoms with E-state index in [1.54, 1.807) is 4.90 Å². The van der Waals surface area contributed by atoms with E-state index in [2.05, 4.69) is 5.32 Å². The summed E-state index contributed by atoms with van der Waals surface area (Å²) in [5.41, 5.74) is 5.23. The molecule has 0 saturated carbocycles. The largest absolute Gasteiger partial charge is 0.378 e. The fourth-order valence-electron chi connectivity index (χ4n) is 1.08. The summed E-state index contributed by atoms with van der Waals surface area (Å²) in [6.45, 7) is 3.86. The van der Waals surface area contributed by atoms with E-state index in [9.17, 15) is 4.79 Å². The van der Waals surface area contributed by atoms with Gasteiger partial charge in [-0.05, 0) is 0 Å². The fraction of sp³-hybridized carbons (Fsp3) is 0.857. The van der Waals surface area contributed by atoms with Crippen LogP contribution in [0.15, 0.2) is 0 Å². The van der Waals surface area contributed by atoms with Gasteiger partial charge in [-0.15, -0.1) is 0 Å². The first-order chi connectivity index (χ1) is 5.84. The van der Waals surface area contributed by atoms with Gasteiger partial charge in [0.05, 0.1) is 13.2 Å². The molecule has 1 aliphatic heterocycles. The van der Waals surface area contributed by atoms with Gasteiger partial charge in [0.2, 0.25) is 0 Å². The van der Waals surface area contributed by atoms with Crippen LogP contribution in [-0.4, -0.2) is 50.3 Å². The number of carbonyl (C=O) groups excluding carboxylic acids is 1. The molecule has 0 aliphatic carbocycles.